The first-order chi connectivity index (χ1) is 5.79. The van der Waals surface area contributed by atoms with Crippen LogP contribution in [0.5, 0.6) is 0 Å². The summed E-state index contributed by atoms with van der Waals surface area (Å²) in [7, 11) is 1.48. The molecule has 1 unspecified atom stereocenters. The largest absolute Gasteiger partial charge is 0.436 e. The number of hydrogen-bond acceptors (Lipinski definition) is 3. The number of primary amides is 1. The molecule has 1 atom stereocenters. The Morgan fingerprint density at radius 3 is 2.08 bits per heavy atom. The van der Waals surface area contributed by atoms with Crippen molar-refractivity contribution >= 4 is 12.0 Å². The predicted molar refractivity (Wildman–Crippen MR) is 48.0 cm³/mol. The quantitative estimate of drug-likeness (QED) is 0.651. The van der Waals surface area contributed by atoms with E-state index in [0.717, 1.165) is 0 Å². The molecule has 0 fully saturated rings. The molecule has 0 spiro atoms. The first kappa shape index (κ1) is 11.7. The van der Waals surface area contributed by atoms with E-state index < -0.39 is 17.6 Å². The predicted octanol–water partition coefficient (Wildman–Crippen LogP) is 0.242. The molecule has 0 saturated carbocycles. The van der Waals surface area contributed by atoms with Gasteiger partial charge in [-0.15, -0.1) is 0 Å². The second kappa shape index (κ2) is 4.11. The van der Waals surface area contributed by atoms with Crippen LogP contribution in [0.25, 0.3) is 0 Å². The second-order valence-corrected chi connectivity index (χ2v) is 3.80. The molecule has 0 saturated heterocycles. The minimum absolute atomic E-state index is 0.355. The Hall–Kier alpha value is -1.26. The topological polar surface area (TPSA) is 81.4 Å². The van der Waals surface area contributed by atoms with Crippen LogP contribution in [0.15, 0.2) is 0 Å². The van der Waals surface area contributed by atoms with Gasteiger partial charge in [0, 0.05) is 12.5 Å². The highest BCUT2D eigenvalue weighted by Gasteiger charge is 2.33. The zero-order valence-corrected chi connectivity index (χ0v) is 8.38. The van der Waals surface area contributed by atoms with Gasteiger partial charge in [-0.25, -0.2) is 4.79 Å². The van der Waals surface area contributed by atoms with Crippen molar-refractivity contribution in [3.05, 3.63) is 0 Å². The Morgan fingerprint density at radius 1 is 1.38 bits per heavy atom. The highest BCUT2D eigenvalue weighted by Crippen LogP contribution is 2.22. The molecule has 0 aromatic heterocycles. The molecule has 76 valence electrons. The van der Waals surface area contributed by atoms with Gasteiger partial charge in [0.2, 0.25) is 0 Å². The van der Waals surface area contributed by atoms with E-state index in [9.17, 15) is 9.59 Å². The van der Waals surface area contributed by atoms with Gasteiger partial charge in [-0.05, 0) is 0 Å². The van der Waals surface area contributed by atoms with E-state index in [1.54, 1.807) is 20.8 Å². The lowest BCUT2D eigenvalue weighted by Crippen LogP contribution is -2.45. The average molecular weight is 188 g/mol. The van der Waals surface area contributed by atoms with Crippen molar-refractivity contribution in [2.75, 3.05) is 7.05 Å². The van der Waals surface area contributed by atoms with E-state index in [2.05, 4.69) is 5.32 Å². The van der Waals surface area contributed by atoms with Gasteiger partial charge in [0.15, 0.2) is 6.10 Å². The molecule has 0 aliphatic carbocycles. The molecular weight excluding hydrogens is 172 g/mol. The molecule has 0 aliphatic heterocycles. The van der Waals surface area contributed by atoms with Crippen LogP contribution in [0.2, 0.25) is 0 Å². The van der Waals surface area contributed by atoms with Crippen molar-refractivity contribution in [2.24, 2.45) is 11.1 Å². The Labute approximate surface area is 77.6 Å². The van der Waals surface area contributed by atoms with E-state index in [-0.39, 0.29) is 5.91 Å². The highest BCUT2D eigenvalue weighted by molar-refractivity contribution is 5.83. The minimum Gasteiger partial charge on any atom is -0.436 e. The zero-order valence-electron chi connectivity index (χ0n) is 8.38. The summed E-state index contributed by atoms with van der Waals surface area (Å²) in [5, 5.41) is 2.41. The number of nitrogens with one attached hydrogen (secondary N) is 1. The second-order valence-electron chi connectivity index (χ2n) is 3.80. The maximum absolute atomic E-state index is 11.3. The fourth-order valence-electron chi connectivity index (χ4n) is 0.871. The van der Waals surface area contributed by atoms with E-state index in [1.165, 1.54) is 7.05 Å². The Bertz CT molecular complexity index is 208. The van der Waals surface area contributed by atoms with Crippen molar-refractivity contribution in [3.8, 4) is 0 Å². The molecule has 0 aromatic carbocycles. The maximum Gasteiger partial charge on any atom is 0.405 e. The van der Waals surface area contributed by atoms with Crippen LogP contribution in [0.3, 0.4) is 0 Å². The molecule has 13 heavy (non-hydrogen) atoms. The first-order valence-corrected chi connectivity index (χ1v) is 3.96. The number of likely N-dealkylation sites (N-methyl/N-ethyl adjacent to an activating group) is 1. The van der Waals surface area contributed by atoms with Gasteiger partial charge in [0.1, 0.15) is 0 Å². The molecule has 5 heteroatoms. The molecule has 5 nitrogen and oxygen atoms in total. The molecule has 2 amide bonds. The number of carbonyl (C=O) groups excluding carboxylic acids is 2. The summed E-state index contributed by atoms with van der Waals surface area (Å²) in [5.41, 5.74) is 4.38. The number of ether oxygens (including phenoxy) is 1. The number of rotatable bonds is 2. The van der Waals surface area contributed by atoms with Crippen LogP contribution in [0.4, 0.5) is 4.79 Å². The molecule has 0 heterocycles. The zero-order chi connectivity index (χ0) is 10.6. The standard InChI is InChI=1S/C8H16N2O3/c1-8(2,3)5(6(11)10-4)13-7(9)12/h5H,1-4H3,(H2,9,12)(H,10,11). The molecular formula is C8H16N2O3. The molecule has 0 rings (SSSR count). The smallest absolute Gasteiger partial charge is 0.405 e. The average Bonchev–Trinajstić information content (AvgIpc) is 1.96. The van der Waals surface area contributed by atoms with E-state index >= 15 is 0 Å². The van der Waals surface area contributed by atoms with Crippen molar-refractivity contribution in [3.63, 3.8) is 0 Å². The lowest BCUT2D eigenvalue weighted by atomic mass is 9.88. The van der Waals surface area contributed by atoms with Crippen molar-refractivity contribution < 1.29 is 14.3 Å². The van der Waals surface area contributed by atoms with E-state index in [4.69, 9.17) is 10.5 Å². The lowest BCUT2D eigenvalue weighted by molar-refractivity contribution is -0.134. The number of hydrogen-bond donors (Lipinski definition) is 2. The van der Waals surface area contributed by atoms with Gasteiger partial charge in [0.05, 0.1) is 0 Å². The third-order valence-electron chi connectivity index (χ3n) is 1.51. The van der Waals surface area contributed by atoms with Crippen LogP contribution < -0.4 is 11.1 Å². The van der Waals surface area contributed by atoms with Crippen LogP contribution in [-0.4, -0.2) is 25.2 Å². The van der Waals surface area contributed by atoms with Gasteiger partial charge in [-0.1, -0.05) is 20.8 Å². The number of carbonyl (C=O) groups is 2. The summed E-state index contributed by atoms with van der Waals surface area (Å²) in [6.07, 6.45) is -1.79. The Balaban J connectivity index is 4.56. The lowest BCUT2D eigenvalue weighted by Gasteiger charge is -2.27. The summed E-state index contributed by atoms with van der Waals surface area (Å²) < 4.78 is 4.69. The highest BCUT2D eigenvalue weighted by atomic mass is 16.6. The SMILES string of the molecule is CNC(=O)C(OC(N)=O)C(C)(C)C. The van der Waals surface area contributed by atoms with Gasteiger partial charge in [-0.3, -0.25) is 4.79 Å². The minimum atomic E-state index is -0.941. The maximum atomic E-state index is 11.3. The van der Waals surface area contributed by atoms with E-state index in [0.29, 0.717) is 0 Å². The van der Waals surface area contributed by atoms with Crippen LogP contribution in [-0.2, 0) is 9.53 Å². The van der Waals surface area contributed by atoms with Gasteiger partial charge >= 0.3 is 6.09 Å². The summed E-state index contributed by atoms with van der Waals surface area (Å²) in [6, 6.07) is 0. The first-order valence-electron chi connectivity index (χ1n) is 3.96. The molecule has 3 N–H and O–H groups in total. The van der Waals surface area contributed by atoms with Crippen LogP contribution >= 0.6 is 0 Å². The molecule has 0 aliphatic rings. The third kappa shape index (κ3) is 3.78. The van der Waals surface area contributed by atoms with Crippen molar-refractivity contribution in [1.82, 2.24) is 5.32 Å². The fraction of sp³-hybridized carbons (Fsp3) is 0.750. The van der Waals surface area contributed by atoms with Crippen molar-refractivity contribution in [1.29, 1.82) is 0 Å². The monoisotopic (exact) mass is 188 g/mol. The summed E-state index contributed by atoms with van der Waals surface area (Å²) in [5.74, 6) is -0.355. The molecule has 0 bridgehead atoms. The number of amides is 2. The van der Waals surface area contributed by atoms with E-state index in [1.807, 2.05) is 0 Å². The normalized spacial score (nSPS) is 13.2. The summed E-state index contributed by atoms with van der Waals surface area (Å²) in [6.45, 7) is 5.36. The third-order valence-corrected chi connectivity index (χ3v) is 1.51. The van der Waals surface area contributed by atoms with Crippen molar-refractivity contribution in [2.45, 2.75) is 26.9 Å². The van der Waals surface area contributed by atoms with Crippen LogP contribution in [0.1, 0.15) is 20.8 Å². The van der Waals surface area contributed by atoms with Gasteiger partial charge < -0.3 is 15.8 Å². The Morgan fingerprint density at radius 2 is 1.85 bits per heavy atom. The Kier molecular flexibility index (Phi) is 3.71. The summed E-state index contributed by atoms with van der Waals surface area (Å²) >= 11 is 0. The summed E-state index contributed by atoms with van der Waals surface area (Å²) in [4.78, 5) is 21.7. The number of nitrogens with two attached hydrogens (primary N) is 1. The van der Waals surface area contributed by atoms with Gasteiger partial charge in [0.25, 0.3) is 5.91 Å². The molecule has 0 radical (unpaired) electrons. The van der Waals surface area contributed by atoms with Gasteiger partial charge in [-0.2, -0.15) is 0 Å². The fourth-order valence-corrected chi connectivity index (χ4v) is 0.871. The van der Waals surface area contributed by atoms with Crippen LogP contribution in [0, 0.1) is 5.41 Å². The molecule has 0 aromatic rings.